The second-order valence-electron chi connectivity index (χ2n) is 4.73. The van der Waals surface area contributed by atoms with Crippen LogP contribution in [0.2, 0.25) is 0 Å². The zero-order valence-corrected chi connectivity index (χ0v) is 9.80. The Bertz CT molecular complexity index is 227. The van der Waals surface area contributed by atoms with E-state index in [1.54, 1.807) is 0 Å². The number of nitrogens with zero attached hydrogens (tertiary/aromatic N) is 1. The Morgan fingerprint density at radius 2 is 2.21 bits per heavy atom. The summed E-state index contributed by atoms with van der Waals surface area (Å²) in [5.74, 6) is 2.89. The molecule has 0 aromatic carbocycles. The molecule has 2 nitrogen and oxygen atoms in total. The summed E-state index contributed by atoms with van der Waals surface area (Å²) in [6.07, 6.45) is 6.74. The van der Waals surface area contributed by atoms with Crippen LogP contribution in [0.3, 0.4) is 0 Å². The van der Waals surface area contributed by atoms with Crippen LogP contribution in [0.5, 0.6) is 0 Å². The SMILES string of the molecule is C#CC(C)(C)N1CC(C)NCC1CC. The smallest absolute Gasteiger partial charge is 0.0769 e. The van der Waals surface area contributed by atoms with Crippen molar-refractivity contribution in [1.29, 1.82) is 0 Å². The average Bonchev–Trinajstić information content (AvgIpc) is 2.18. The largest absolute Gasteiger partial charge is 0.311 e. The normalized spacial score (nSPS) is 29.9. The van der Waals surface area contributed by atoms with Gasteiger partial charge in [-0.1, -0.05) is 12.8 Å². The highest BCUT2D eigenvalue weighted by atomic mass is 15.3. The molecule has 14 heavy (non-hydrogen) atoms. The zero-order chi connectivity index (χ0) is 10.8. The van der Waals surface area contributed by atoms with Crippen LogP contribution in [-0.2, 0) is 0 Å². The Morgan fingerprint density at radius 3 is 2.71 bits per heavy atom. The van der Waals surface area contributed by atoms with Gasteiger partial charge in [-0.2, -0.15) is 0 Å². The van der Waals surface area contributed by atoms with Crippen LogP contribution in [0.1, 0.15) is 34.1 Å². The molecule has 0 amide bonds. The summed E-state index contributed by atoms with van der Waals surface area (Å²) in [5, 5.41) is 3.50. The summed E-state index contributed by atoms with van der Waals surface area (Å²) in [5.41, 5.74) is -0.114. The van der Waals surface area contributed by atoms with Crippen LogP contribution in [0.25, 0.3) is 0 Å². The van der Waals surface area contributed by atoms with Crippen LogP contribution in [0.15, 0.2) is 0 Å². The second-order valence-corrected chi connectivity index (χ2v) is 4.73. The molecule has 1 aliphatic rings. The van der Waals surface area contributed by atoms with Crippen LogP contribution in [0, 0.1) is 12.3 Å². The van der Waals surface area contributed by atoms with Gasteiger partial charge in [-0.15, -0.1) is 6.42 Å². The first kappa shape index (κ1) is 11.6. The Hall–Kier alpha value is -0.520. The van der Waals surface area contributed by atoms with Crippen molar-refractivity contribution in [3.8, 4) is 12.3 Å². The molecule has 0 aromatic heterocycles. The summed E-state index contributed by atoms with van der Waals surface area (Å²) < 4.78 is 0. The van der Waals surface area contributed by atoms with Crippen LogP contribution < -0.4 is 5.32 Å². The van der Waals surface area contributed by atoms with Gasteiger partial charge in [0, 0.05) is 25.2 Å². The fraction of sp³-hybridized carbons (Fsp3) is 0.833. The van der Waals surface area contributed by atoms with Gasteiger partial charge in [0.1, 0.15) is 0 Å². The van der Waals surface area contributed by atoms with Crippen LogP contribution >= 0.6 is 0 Å². The molecule has 0 aromatic rings. The molecule has 2 unspecified atom stereocenters. The molecule has 1 aliphatic heterocycles. The Morgan fingerprint density at radius 1 is 1.57 bits per heavy atom. The lowest BCUT2D eigenvalue weighted by molar-refractivity contribution is 0.0645. The van der Waals surface area contributed by atoms with Crippen LogP contribution in [-0.4, -0.2) is 35.6 Å². The summed E-state index contributed by atoms with van der Waals surface area (Å²) in [7, 11) is 0. The van der Waals surface area contributed by atoms with Crippen molar-refractivity contribution < 1.29 is 0 Å². The van der Waals surface area contributed by atoms with E-state index in [9.17, 15) is 0 Å². The van der Waals surface area contributed by atoms with Gasteiger partial charge in [0.2, 0.25) is 0 Å². The Kier molecular flexibility index (Phi) is 3.58. The van der Waals surface area contributed by atoms with E-state index >= 15 is 0 Å². The third kappa shape index (κ3) is 2.29. The first-order valence-corrected chi connectivity index (χ1v) is 5.49. The molecule has 1 N–H and O–H groups in total. The molecule has 0 bridgehead atoms. The maximum Gasteiger partial charge on any atom is 0.0769 e. The second kappa shape index (κ2) is 4.33. The molecule has 1 saturated heterocycles. The van der Waals surface area contributed by atoms with Crippen molar-refractivity contribution in [2.24, 2.45) is 0 Å². The average molecular weight is 194 g/mol. The van der Waals surface area contributed by atoms with Crippen molar-refractivity contribution in [3.05, 3.63) is 0 Å². The number of nitrogens with one attached hydrogen (secondary N) is 1. The summed E-state index contributed by atoms with van der Waals surface area (Å²) in [6, 6.07) is 1.13. The molecule has 1 rings (SSSR count). The van der Waals surface area contributed by atoms with Gasteiger partial charge < -0.3 is 5.32 Å². The van der Waals surface area contributed by atoms with E-state index in [0.29, 0.717) is 12.1 Å². The number of hydrogen-bond acceptors (Lipinski definition) is 2. The Labute approximate surface area is 88.1 Å². The highest BCUT2D eigenvalue weighted by Gasteiger charge is 2.33. The monoisotopic (exact) mass is 194 g/mol. The minimum absolute atomic E-state index is 0.114. The maximum absolute atomic E-state index is 5.59. The first-order chi connectivity index (χ1) is 6.51. The predicted molar refractivity (Wildman–Crippen MR) is 61.2 cm³/mol. The predicted octanol–water partition coefficient (Wildman–Crippen LogP) is 1.47. The van der Waals surface area contributed by atoms with Crippen molar-refractivity contribution in [3.63, 3.8) is 0 Å². The third-order valence-electron chi connectivity index (χ3n) is 3.16. The molecule has 2 heteroatoms. The number of rotatable bonds is 2. The van der Waals surface area contributed by atoms with Gasteiger partial charge in [-0.05, 0) is 27.2 Å². The van der Waals surface area contributed by atoms with E-state index in [2.05, 4.69) is 43.8 Å². The molecular weight excluding hydrogens is 172 g/mol. The zero-order valence-electron chi connectivity index (χ0n) is 9.80. The lowest BCUT2D eigenvalue weighted by atomic mass is 9.96. The van der Waals surface area contributed by atoms with Crippen molar-refractivity contribution in [2.75, 3.05) is 13.1 Å². The number of hydrogen-bond donors (Lipinski definition) is 1. The molecular formula is C12H22N2. The van der Waals surface area contributed by atoms with Crippen molar-refractivity contribution >= 4 is 0 Å². The van der Waals surface area contributed by atoms with Crippen molar-refractivity contribution in [1.82, 2.24) is 10.2 Å². The van der Waals surface area contributed by atoms with E-state index in [1.165, 1.54) is 0 Å². The van der Waals surface area contributed by atoms with Crippen molar-refractivity contribution in [2.45, 2.75) is 51.7 Å². The number of piperazine rings is 1. The summed E-state index contributed by atoms with van der Waals surface area (Å²) in [4.78, 5) is 2.45. The lowest BCUT2D eigenvalue weighted by Crippen LogP contribution is -2.61. The molecule has 0 spiro atoms. The standard InChI is InChI=1S/C12H22N2/c1-6-11-8-13-10(3)9-14(11)12(4,5)7-2/h2,10-11,13H,6,8-9H2,1,3-5H3. The highest BCUT2D eigenvalue weighted by molar-refractivity contribution is 5.11. The van der Waals surface area contributed by atoms with E-state index in [1.807, 2.05) is 0 Å². The lowest BCUT2D eigenvalue weighted by Gasteiger charge is -2.46. The van der Waals surface area contributed by atoms with Gasteiger partial charge in [-0.25, -0.2) is 0 Å². The topological polar surface area (TPSA) is 15.3 Å². The molecule has 0 saturated carbocycles. The van der Waals surface area contributed by atoms with E-state index in [-0.39, 0.29) is 5.54 Å². The van der Waals surface area contributed by atoms with Gasteiger partial charge in [0.25, 0.3) is 0 Å². The Balaban J connectivity index is 2.77. The van der Waals surface area contributed by atoms with E-state index < -0.39 is 0 Å². The van der Waals surface area contributed by atoms with Gasteiger partial charge in [0.15, 0.2) is 0 Å². The molecule has 1 fully saturated rings. The molecule has 0 radical (unpaired) electrons. The van der Waals surface area contributed by atoms with Crippen LogP contribution in [0.4, 0.5) is 0 Å². The van der Waals surface area contributed by atoms with E-state index in [0.717, 1.165) is 19.5 Å². The maximum atomic E-state index is 5.59. The number of terminal acetylenes is 1. The summed E-state index contributed by atoms with van der Waals surface area (Å²) >= 11 is 0. The minimum Gasteiger partial charge on any atom is -0.311 e. The van der Waals surface area contributed by atoms with E-state index in [4.69, 9.17) is 6.42 Å². The molecule has 1 heterocycles. The fourth-order valence-corrected chi connectivity index (χ4v) is 2.09. The third-order valence-corrected chi connectivity index (χ3v) is 3.16. The molecule has 0 aliphatic carbocycles. The van der Waals surface area contributed by atoms with Gasteiger partial charge in [0.05, 0.1) is 5.54 Å². The minimum atomic E-state index is -0.114. The molecule has 80 valence electrons. The molecule has 2 atom stereocenters. The quantitative estimate of drug-likeness (QED) is 0.670. The van der Waals surface area contributed by atoms with Gasteiger partial charge in [-0.3, -0.25) is 4.90 Å². The first-order valence-electron chi connectivity index (χ1n) is 5.49. The summed E-state index contributed by atoms with van der Waals surface area (Å²) in [6.45, 7) is 10.8. The highest BCUT2D eigenvalue weighted by Crippen LogP contribution is 2.21. The fourth-order valence-electron chi connectivity index (χ4n) is 2.09. The van der Waals surface area contributed by atoms with Gasteiger partial charge >= 0.3 is 0 Å².